The number of carbonyl (C=O) groups is 1. The van der Waals surface area contributed by atoms with E-state index >= 15 is 0 Å². The van der Waals surface area contributed by atoms with Crippen molar-refractivity contribution in [3.8, 4) is 11.1 Å². The van der Waals surface area contributed by atoms with Crippen molar-refractivity contribution < 1.29 is 14.3 Å². The molecule has 0 saturated heterocycles. The zero-order valence-corrected chi connectivity index (χ0v) is 16.6. The van der Waals surface area contributed by atoms with Crippen molar-refractivity contribution in [1.82, 2.24) is 24.4 Å². The van der Waals surface area contributed by atoms with E-state index in [0.29, 0.717) is 22.3 Å². The summed E-state index contributed by atoms with van der Waals surface area (Å²) in [4.78, 5) is 25.1. The number of benzene rings is 2. The highest BCUT2D eigenvalue weighted by molar-refractivity contribution is 5.83. The first kappa shape index (κ1) is 19.6. The highest BCUT2D eigenvalue weighted by atomic mass is 19.1. The van der Waals surface area contributed by atoms with Crippen molar-refractivity contribution in [3.63, 3.8) is 0 Å². The van der Waals surface area contributed by atoms with Crippen LogP contribution in [0.5, 0.6) is 0 Å². The van der Waals surface area contributed by atoms with Crippen LogP contribution in [0.25, 0.3) is 27.8 Å². The third-order valence-corrected chi connectivity index (χ3v) is 5.34. The molecular formula is C23H16FN5O3. The number of hydrogen-bond acceptors (Lipinski definition) is 5. The first-order chi connectivity index (χ1) is 15.5. The van der Waals surface area contributed by atoms with Crippen LogP contribution in [0.1, 0.15) is 11.6 Å². The van der Waals surface area contributed by atoms with Crippen LogP contribution in [0.3, 0.4) is 0 Å². The lowest BCUT2D eigenvalue weighted by molar-refractivity contribution is -0.141. The first-order valence-corrected chi connectivity index (χ1v) is 9.81. The maximum Gasteiger partial charge on any atom is 0.327 e. The first-order valence-electron chi connectivity index (χ1n) is 9.81. The summed E-state index contributed by atoms with van der Waals surface area (Å²) in [6.07, 6.45) is 3.15. The van der Waals surface area contributed by atoms with Crippen molar-refractivity contribution >= 4 is 22.6 Å². The minimum absolute atomic E-state index is 0.00747. The number of rotatable bonds is 5. The molecule has 2 aromatic carbocycles. The van der Waals surface area contributed by atoms with Gasteiger partial charge in [-0.2, -0.15) is 5.10 Å². The van der Waals surface area contributed by atoms with Gasteiger partial charge in [-0.25, -0.2) is 13.7 Å². The normalized spacial score (nSPS) is 12.3. The summed E-state index contributed by atoms with van der Waals surface area (Å²) in [6.45, 7) is 0. The van der Waals surface area contributed by atoms with Gasteiger partial charge in [0, 0.05) is 18.2 Å². The zero-order valence-electron chi connectivity index (χ0n) is 16.6. The Hall–Kier alpha value is -4.40. The number of carboxylic acids is 1. The van der Waals surface area contributed by atoms with E-state index in [4.69, 9.17) is 0 Å². The molecule has 0 spiro atoms. The van der Waals surface area contributed by atoms with Gasteiger partial charge in [0.2, 0.25) is 0 Å². The van der Waals surface area contributed by atoms with Gasteiger partial charge in [-0.3, -0.25) is 9.36 Å². The SMILES string of the molecule is O=C(O)[C@@H](Cc1ccccc1)n1ccc2c(nnc3c(-c4ccc(F)cc4)cnn32)c1=O. The number of nitrogens with zero attached hydrogens (tertiary/aromatic N) is 5. The average molecular weight is 429 g/mol. The van der Waals surface area contributed by atoms with Gasteiger partial charge >= 0.3 is 5.97 Å². The van der Waals surface area contributed by atoms with Crippen molar-refractivity contribution in [2.24, 2.45) is 0 Å². The second-order valence-electron chi connectivity index (χ2n) is 7.31. The number of hydrogen-bond donors (Lipinski definition) is 1. The van der Waals surface area contributed by atoms with Gasteiger partial charge in [-0.1, -0.05) is 42.5 Å². The summed E-state index contributed by atoms with van der Waals surface area (Å²) in [6, 6.07) is 15.5. The summed E-state index contributed by atoms with van der Waals surface area (Å²) in [5.74, 6) is -1.48. The average Bonchev–Trinajstić information content (AvgIpc) is 3.24. The molecule has 0 saturated carbocycles. The molecule has 158 valence electrons. The van der Waals surface area contributed by atoms with E-state index in [1.54, 1.807) is 24.4 Å². The van der Waals surface area contributed by atoms with Gasteiger partial charge in [0.25, 0.3) is 5.56 Å². The summed E-state index contributed by atoms with van der Waals surface area (Å²) in [5, 5.41) is 22.3. The number of fused-ring (bicyclic) bond motifs is 3. The minimum atomic E-state index is -1.12. The number of aromatic nitrogens is 5. The van der Waals surface area contributed by atoms with Crippen LogP contribution < -0.4 is 5.56 Å². The molecule has 0 aliphatic rings. The number of carboxylic acid groups (broad SMARTS) is 1. The number of pyridine rings is 1. The Morgan fingerprint density at radius 3 is 2.50 bits per heavy atom. The molecule has 5 aromatic rings. The maximum atomic E-state index is 13.3. The van der Waals surface area contributed by atoms with Crippen molar-refractivity contribution in [2.75, 3.05) is 0 Å². The molecule has 0 amide bonds. The van der Waals surface area contributed by atoms with E-state index in [1.165, 1.54) is 22.8 Å². The molecule has 0 aliphatic carbocycles. The molecule has 32 heavy (non-hydrogen) atoms. The zero-order chi connectivity index (χ0) is 22.2. The van der Waals surface area contributed by atoms with Crippen LogP contribution >= 0.6 is 0 Å². The third-order valence-electron chi connectivity index (χ3n) is 5.34. The van der Waals surface area contributed by atoms with Gasteiger partial charge in [0.05, 0.1) is 6.20 Å². The smallest absolute Gasteiger partial charge is 0.327 e. The molecule has 0 radical (unpaired) electrons. The molecule has 3 aromatic heterocycles. The summed E-state index contributed by atoms with van der Waals surface area (Å²) in [7, 11) is 0. The van der Waals surface area contributed by atoms with Gasteiger partial charge < -0.3 is 5.11 Å². The van der Waals surface area contributed by atoms with E-state index < -0.39 is 17.6 Å². The lowest BCUT2D eigenvalue weighted by atomic mass is 10.1. The topological polar surface area (TPSA) is 102 Å². The fourth-order valence-corrected chi connectivity index (χ4v) is 3.73. The van der Waals surface area contributed by atoms with Crippen molar-refractivity contribution in [2.45, 2.75) is 12.5 Å². The summed E-state index contributed by atoms with van der Waals surface area (Å²) in [5.41, 5.74) is 2.37. The Bertz CT molecular complexity index is 1510. The van der Waals surface area contributed by atoms with Crippen LogP contribution in [0.4, 0.5) is 4.39 Å². The summed E-state index contributed by atoms with van der Waals surface area (Å²) < 4.78 is 15.9. The molecule has 3 heterocycles. The standard InChI is InChI=1S/C23H16FN5O3/c24-16-8-6-15(7-9-16)17-13-25-29-18-10-11-28(22(30)20(18)26-27-21(17)29)19(23(31)32)12-14-4-2-1-3-5-14/h1-11,13,19H,12H2,(H,31,32)/t19-/m1/s1. The van der Waals surface area contributed by atoms with Gasteiger partial charge in [-0.05, 0) is 29.3 Å². The minimum Gasteiger partial charge on any atom is -0.480 e. The fourth-order valence-electron chi connectivity index (χ4n) is 3.73. The predicted octanol–water partition coefficient (Wildman–Crippen LogP) is 3.11. The lowest BCUT2D eigenvalue weighted by Gasteiger charge is -2.16. The molecular weight excluding hydrogens is 413 g/mol. The van der Waals surface area contributed by atoms with E-state index in [1.807, 2.05) is 30.3 Å². The van der Waals surface area contributed by atoms with Gasteiger partial charge in [0.15, 0.2) is 11.2 Å². The monoisotopic (exact) mass is 429 g/mol. The van der Waals surface area contributed by atoms with E-state index in [9.17, 15) is 19.1 Å². The van der Waals surface area contributed by atoms with E-state index in [0.717, 1.165) is 10.1 Å². The highest BCUT2D eigenvalue weighted by Gasteiger charge is 2.23. The Morgan fingerprint density at radius 1 is 1.03 bits per heavy atom. The van der Waals surface area contributed by atoms with Crippen molar-refractivity contribution in [1.29, 1.82) is 0 Å². The van der Waals surface area contributed by atoms with E-state index in [2.05, 4.69) is 15.3 Å². The van der Waals surface area contributed by atoms with Gasteiger partial charge in [-0.15, -0.1) is 10.2 Å². The third kappa shape index (κ3) is 3.29. The van der Waals surface area contributed by atoms with Crippen LogP contribution in [-0.4, -0.2) is 35.5 Å². The van der Waals surface area contributed by atoms with Crippen LogP contribution in [0.2, 0.25) is 0 Å². The summed E-state index contributed by atoms with van der Waals surface area (Å²) >= 11 is 0. The molecule has 1 atom stereocenters. The number of halogens is 1. The van der Waals surface area contributed by atoms with Crippen LogP contribution in [-0.2, 0) is 11.2 Å². The van der Waals surface area contributed by atoms with Gasteiger partial charge in [0.1, 0.15) is 17.4 Å². The fraction of sp³-hybridized carbons (Fsp3) is 0.0870. The Labute approximate surface area is 180 Å². The second-order valence-corrected chi connectivity index (χ2v) is 7.31. The van der Waals surface area contributed by atoms with Crippen LogP contribution in [0, 0.1) is 5.82 Å². The maximum absolute atomic E-state index is 13.3. The Morgan fingerprint density at radius 2 is 1.78 bits per heavy atom. The molecule has 8 nitrogen and oxygen atoms in total. The predicted molar refractivity (Wildman–Crippen MR) is 115 cm³/mol. The number of aliphatic carboxylic acids is 1. The Balaban J connectivity index is 1.62. The highest BCUT2D eigenvalue weighted by Crippen LogP contribution is 2.25. The molecule has 1 N–H and O–H groups in total. The molecule has 0 fully saturated rings. The quantitative estimate of drug-likeness (QED) is 0.461. The van der Waals surface area contributed by atoms with Crippen molar-refractivity contribution in [3.05, 3.63) is 94.8 Å². The largest absolute Gasteiger partial charge is 0.480 e. The molecule has 9 heteroatoms. The second kappa shape index (κ2) is 7.69. The van der Waals surface area contributed by atoms with Crippen LogP contribution in [0.15, 0.2) is 77.9 Å². The molecule has 0 aliphatic heterocycles. The Kier molecular flexibility index (Phi) is 4.70. The molecule has 5 rings (SSSR count). The molecule has 0 bridgehead atoms. The molecule has 0 unspecified atom stereocenters. The van der Waals surface area contributed by atoms with E-state index in [-0.39, 0.29) is 17.8 Å². The lowest BCUT2D eigenvalue weighted by Crippen LogP contribution is -2.31.